The minimum atomic E-state index is -1.53. The molecule has 4 rings (SSSR count). The molecule has 134 valence electrons. The summed E-state index contributed by atoms with van der Waals surface area (Å²) in [4.78, 5) is 22.0. The summed E-state index contributed by atoms with van der Waals surface area (Å²) < 4.78 is 14.6. The molecular formula is C21H17N3O2S. The molecule has 0 aliphatic carbocycles. The lowest BCUT2D eigenvalue weighted by Gasteiger charge is -2.13. The van der Waals surface area contributed by atoms with E-state index >= 15 is 0 Å². The third kappa shape index (κ3) is 3.44. The predicted octanol–water partition coefficient (Wildman–Crippen LogP) is 3.40. The fourth-order valence-electron chi connectivity index (χ4n) is 2.87. The van der Waals surface area contributed by atoms with Gasteiger partial charge in [0.2, 0.25) is 5.16 Å². The van der Waals surface area contributed by atoms with Gasteiger partial charge in [0, 0.05) is 6.20 Å². The van der Waals surface area contributed by atoms with Crippen LogP contribution in [0.2, 0.25) is 0 Å². The Labute approximate surface area is 158 Å². The summed E-state index contributed by atoms with van der Waals surface area (Å²) in [6.45, 7) is 1.98. The van der Waals surface area contributed by atoms with Crippen LogP contribution in [0.4, 0.5) is 0 Å². The molecule has 0 N–H and O–H groups in total. The molecule has 1 unspecified atom stereocenters. The molecule has 4 aromatic rings. The minimum Gasteiger partial charge on any atom is -0.268 e. The van der Waals surface area contributed by atoms with Crippen LogP contribution in [-0.4, -0.2) is 18.7 Å². The van der Waals surface area contributed by atoms with Crippen molar-refractivity contribution in [2.45, 2.75) is 17.8 Å². The van der Waals surface area contributed by atoms with Crippen molar-refractivity contribution in [3.8, 4) is 5.69 Å². The van der Waals surface area contributed by atoms with Crippen LogP contribution in [0.1, 0.15) is 11.3 Å². The van der Waals surface area contributed by atoms with Gasteiger partial charge in [0.25, 0.3) is 5.56 Å². The fourth-order valence-corrected chi connectivity index (χ4v) is 4.03. The van der Waals surface area contributed by atoms with Crippen LogP contribution < -0.4 is 5.56 Å². The Bertz CT molecular complexity index is 1190. The molecule has 0 spiro atoms. The number of hydrogen-bond acceptors (Lipinski definition) is 4. The van der Waals surface area contributed by atoms with Crippen molar-refractivity contribution in [2.24, 2.45) is 0 Å². The Hall–Kier alpha value is -3.12. The topological polar surface area (TPSA) is 64.8 Å². The maximum atomic E-state index is 13.2. The Morgan fingerprint density at radius 2 is 1.70 bits per heavy atom. The highest BCUT2D eigenvalue weighted by Gasteiger charge is 2.18. The van der Waals surface area contributed by atoms with E-state index in [-0.39, 0.29) is 16.5 Å². The van der Waals surface area contributed by atoms with Crippen molar-refractivity contribution in [1.29, 1.82) is 0 Å². The molecule has 2 aromatic carbocycles. The molecule has 0 saturated heterocycles. The van der Waals surface area contributed by atoms with Crippen molar-refractivity contribution in [3.05, 3.63) is 94.5 Å². The predicted molar refractivity (Wildman–Crippen MR) is 106 cm³/mol. The Morgan fingerprint density at radius 3 is 2.44 bits per heavy atom. The highest BCUT2D eigenvalue weighted by Crippen LogP contribution is 2.17. The van der Waals surface area contributed by atoms with Gasteiger partial charge in [0.1, 0.15) is 0 Å². The first-order valence-corrected chi connectivity index (χ1v) is 9.82. The monoisotopic (exact) mass is 375 g/mol. The number of aryl methyl sites for hydroxylation is 1. The van der Waals surface area contributed by atoms with E-state index in [2.05, 4.69) is 9.97 Å². The molecule has 0 fully saturated rings. The number of benzene rings is 2. The second-order valence-corrected chi connectivity index (χ2v) is 7.54. The molecule has 0 radical (unpaired) electrons. The summed E-state index contributed by atoms with van der Waals surface area (Å²) in [7, 11) is -1.53. The van der Waals surface area contributed by atoms with Crippen LogP contribution in [0, 0.1) is 6.92 Å². The van der Waals surface area contributed by atoms with Gasteiger partial charge in [-0.05, 0) is 43.3 Å². The van der Waals surface area contributed by atoms with E-state index in [9.17, 15) is 9.00 Å². The van der Waals surface area contributed by atoms with Crippen molar-refractivity contribution in [1.82, 2.24) is 14.5 Å². The smallest absolute Gasteiger partial charge is 0.266 e. The van der Waals surface area contributed by atoms with Crippen molar-refractivity contribution >= 4 is 21.7 Å². The van der Waals surface area contributed by atoms with Crippen molar-refractivity contribution in [2.75, 3.05) is 0 Å². The standard InChI is InChI=1S/C21H17N3O2S/c1-15-9-11-17(12-10-15)24-20(25)18-7-2-3-8-19(18)23-21(24)27(26)14-16-6-4-5-13-22-16/h2-13H,14H2,1H3. The lowest BCUT2D eigenvalue weighted by Crippen LogP contribution is -2.25. The first-order chi connectivity index (χ1) is 13.1. The van der Waals surface area contributed by atoms with Gasteiger partial charge < -0.3 is 0 Å². The third-order valence-electron chi connectivity index (χ3n) is 4.25. The average Bonchev–Trinajstić information content (AvgIpc) is 2.69. The van der Waals surface area contributed by atoms with E-state index in [1.165, 1.54) is 4.57 Å². The molecule has 27 heavy (non-hydrogen) atoms. The van der Waals surface area contributed by atoms with Gasteiger partial charge >= 0.3 is 0 Å². The van der Waals surface area contributed by atoms with E-state index < -0.39 is 10.8 Å². The summed E-state index contributed by atoms with van der Waals surface area (Å²) in [5.74, 6) is 0.192. The number of rotatable bonds is 4. The number of hydrogen-bond donors (Lipinski definition) is 0. The molecule has 2 aromatic heterocycles. The Kier molecular flexibility index (Phi) is 4.64. The summed E-state index contributed by atoms with van der Waals surface area (Å²) in [6, 6.07) is 20.1. The first kappa shape index (κ1) is 17.3. The van der Waals surface area contributed by atoms with Gasteiger partial charge in [0.05, 0.1) is 38.8 Å². The Balaban J connectivity index is 1.92. The summed E-state index contributed by atoms with van der Waals surface area (Å²) in [5, 5.41) is 0.727. The van der Waals surface area contributed by atoms with E-state index in [0.717, 1.165) is 5.56 Å². The number of fused-ring (bicyclic) bond motifs is 1. The zero-order valence-electron chi connectivity index (χ0n) is 14.7. The maximum Gasteiger partial charge on any atom is 0.266 e. The molecule has 2 heterocycles. The van der Waals surface area contributed by atoms with Crippen LogP contribution in [-0.2, 0) is 16.6 Å². The minimum absolute atomic E-state index is 0.192. The number of nitrogens with zero attached hydrogens (tertiary/aromatic N) is 3. The number of aromatic nitrogens is 3. The second-order valence-electron chi connectivity index (χ2n) is 6.20. The summed E-state index contributed by atoms with van der Waals surface area (Å²) in [5.41, 5.74) is 2.72. The SMILES string of the molecule is Cc1ccc(-n2c(S(=O)Cc3ccccn3)nc3ccccc3c2=O)cc1. The van der Waals surface area contributed by atoms with Gasteiger partial charge in [-0.1, -0.05) is 35.9 Å². The van der Waals surface area contributed by atoms with Crippen molar-refractivity contribution < 1.29 is 4.21 Å². The van der Waals surface area contributed by atoms with E-state index in [4.69, 9.17) is 0 Å². The van der Waals surface area contributed by atoms with E-state index in [1.807, 2.05) is 55.5 Å². The molecule has 5 nitrogen and oxygen atoms in total. The number of para-hydroxylation sites is 1. The maximum absolute atomic E-state index is 13.2. The molecule has 6 heteroatoms. The van der Waals surface area contributed by atoms with Crippen LogP contribution in [0.25, 0.3) is 16.6 Å². The zero-order chi connectivity index (χ0) is 18.8. The van der Waals surface area contributed by atoms with Crippen LogP contribution in [0.3, 0.4) is 0 Å². The second kappa shape index (κ2) is 7.25. The fraction of sp³-hybridized carbons (Fsp3) is 0.0952. The van der Waals surface area contributed by atoms with Crippen LogP contribution in [0.15, 0.2) is 82.9 Å². The molecule has 0 amide bonds. The normalized spacial score (nSPS) is 12.2. The van der Waals surface area contributed by atoms with E-state index in [1.54, 1.807) is 24.4 Å². The first-order valence-electron chi connectivity index (χ1n) is 8.50. The highest BCUT2D eigenvalue weighted by atomic mass is 32.2. The van der Waals surface area contributed by atoms with E-state index in [0.29, 0.717) is 22.3 Å². The van der Waals surface area contributed by atoms with Gasteiger partial charge in [0.15, 0.2) is 0 Å². The molecule has 1 atom stereocenters. The molecule has 0 aliphatic heterocycles. The lowest BCUT2D eigenvalue weighted by atomic mass is 10.2. The lowest BCUT2D eigenvalue weighted by molar-refractivity contribution is 0.666. The van der Waals surface area contributed by atoms with Crippen molar-refractivity contribution in [3.63, 3.8) is 0 Å². The average molecular weight is 375 g/mol. The molecule has 0 bridgehead atoms. The van der Waals surface area contributed by atoms with Crippen LogP contribution in [0.5, 0.6) is 0 Å². The third-order valence-corrected chi connectivity index (χ3v) is 5.48. The largest absolute Gasteiger partial charge is 0.268 e. The Morgan fingerprint density at radius 1 is 0.963 bits per heavy atom. The van der Waals surface area contributed by atoms with Gasteiger partial charge in [-0.2, -0.15) is 0 Å². The molecule has 0 aliphatic rings. The quantitative estimate of drug-likeness (QED) is 0.513. The van der Waals surface area contributed by atoms with Crippen LogP contribution >= 0.6 is 0 Å². The molecule has 0 saturated carbocycles. The zero-order valence-corrected chi connectivity index (χ0v) is 15.5. The molecular weight excluding hydrogens is 358 g/mol. The highest BCUT2D eigenvalue weighted by molar-refractivity contribution is 7.84. The van der Waals surface area contributed by atoms with Gasteiger partial charge in [-0.3, -0.25) is 18.6 Å². The van der Waals surface area contributed by atoms with Gasteiger partial charge in [-0.15, -0.1) is 0 Å². The summed E-state index contributed by atoms with van der Waals surface area (Å²) in [6.07, 6.45) is 1.66. The number of pyridine rings is 1. The summed E-state index contributed by atoms with van der Waals surface area (Å²) >= 11 is 0. The van der Waals surface area contributed by atoms with Gasteiger partial charge in [-0.25, -0.2) is 4.98 Å².